The Morgan fingerprint density at radius 2 is 2.29 bits per heavy atom. The fourth-order valence-corrected chi connectivity index (χ4v) is 3.84. The molecule has 0 aromatic carbocycles. The van der Waals surface area contributed by atoms with Gasteiger partial charge < -0.3 is 14.8 Å². The van der Waals surface area contributed by atoms with Crippen molar-refractivity contribution < 1.29 is 14.3 Å². The SMILES string of the molecule is CCNC1(C(=O)OCC)CCCC(N2CCOCC2C)C1. The molecule has 1 heterocycles. The number of rotatable bonds is 5. The minimum absolute atomic E-state index is 0.0718. The predicted octanol–water partition coefficient (Wildman–Crippen LogP) is 1.56. The molecule has 2 fully saturated rings. The van der Waals surface area contributed by atoms with Crippen LogP contribution in [0.1, 0.15) is 46.5 Å². The predicted molar refractivity (Wildman–Crippen MR) is 82.3 cm³/mol. The number of hydrogen-bond donors (Lipinski definition) is 1. The molecule has 5 heteroatoms. The van der Waals surface area contributed by atoms with Gasteiger partial charge in [-0.1, -0.05) is 6.92 Å². The summed E-state index contributed by atoms with van der Waals surface area (Å²) in [6.45, 7) is 9.96. The molecule has 122 valence electrons. The van der Waals surface area contributed by atoms with Gasteiger partial charge in [0.15, 0.2) is 0 Å². The summed E-state index contributed by atoms with van der Waals surface area (Å²) in [7, 11) is 0. The number of likely N-dealkylation sites (N-methyl/N-ethyl adjacent to an activating group) is 1. The molecule has 1 saturated heterocycles. The van der Waals surface area contributed by atoms with Gasteiger partial charge in [0.05, 0.1) is 19.8 Å². The maximum absolute atomic E-state index is 12.5. The molecule has 1 saturated carbocycles. The number of carbonyl (C=O) groups excluding carboxylic acids is 1. The van der Waals surface area contributed by atoms with Crippen molar-refractivity contribution in [2.75, 3.05) is 32.9 Å². The lowest BCUT2D eigenvalue weighted by molar-refractivity contribution is -0.154. The number of esters is 1. The Hall–Kier alpha value is -0.650. The van der Waals surface area contributed by atoms with Crippen LogP contribution in [0.4, 0.5) is 0 Å². The average Bonchev–Trinajstić information content (AvgIpc) is 2.48. The molecule has 3 atom stereocenters. The second-order valence-electron chi connectivity index (χ2n) is 6.24. The van der Waals surface area contributed by atoms with Crippen molar-refractivity contribution >= 4 is 5.97 Å². The van der Waals surface area contributed by atoms with E-state index in [4.69, 9.17) is 9.47 Å². The molecule has 0 bridgehead atoms. The molecule has 3 unspecified atom stereocenters. The van der Waals surface area contributed by atoms with E-state index in [0.717, 1.165) is 52.0 Å². The highest BCUT2D eigenvalue weighted by Crippen LogP contribution is 2.33. The van der Waals surface area contributed by atoms with E-state index < -0.39 is 5.54 Å². The van der Waals surface area contributed by atoms with Gasteiger partial charge in [-0.25, -0.2) is 0 Å². The molecule has 1 aliphatic carbocycles. The van der Waals surface area contributed by atoms with Crippen molar-refractivity contribution in [2.24, 2.45) is 0 Å². The van der Waals surface area contributed by atoms with Crippen molar-refractivity contribution in [1.82, 2.24) is 10.2 Å². The van der Waals surface area contributed by atoms with Crippen molar-refractivity contribution in [2.45, 2.75) is 64.1 Å². The fraction of sp³-hybridized carbons (Fsp3) is 0.938. The topological polar surface area (TPSA) is 50.8 Å². The lowest BCUT2D eigenvalue weighted by Crippen LogP contribution is -2.61. The van der Waals surface area contributed by atoms with E-state index in [1.54, 1.807) is 0 Å². The van der Waals surface area contributed by atoms with Gasteiger partial charge in [-0.05, 0) is 46.1 Å². The Balaban J connectivity index is 2.10. The van der Waals surface area contributed by atoms with Crippen molar-refractivity contribution in [3.63, 3.8) is 0 Å². The minimum atomic E-state index is -0.494. The van der Waals surface area contributed by atoms with Gasteiger partial charge >= 0.3 is 5.97 Å². The molecule has 1 N–H and O–H groups in total. The van der Waals surface area contributed by atoms with Crippen LogP contribution in [0.3, 0.4) is 0 Å². The molecular formula is C16H30N2O3. The van der Waals surface area contributed by atoms with Crippen LogP contribution in [-0.4, -0.2) is 61.4 Å². The number of carbonyl (C=O) groups is 1. The Labute approximate surface area is 128 Å². The largest absolute Gasteiger partial charge is 0.465 e. The standard InChI is InChI=1S/C16H30N2O3/c1-4-17-16(15(19)21-5-2)8-6-7-14(11-16)18-9-10-20-12-13(18)3/h13-14,17H,4-12H2,1-3H3. The van der Waals surface area contributed by atoms with E-state index >= 15 is 0 Å². The van der Waals surface area contributed by atoms with Crippen molar-refractivity contribution in [3.8, 4) is 0 Å². The second kappa shape index (κ2) is 7.56. The van der Waals surface area contributed by atoms with Crippen LogP contribution >= 0.6 is 0 Å². The third-order valence-electron chi connectivity index (χ3n) is 4.79. The maximum atomic E-state index is 12.5. The summed E-state index contributed by atoms with van der Waals surface area (Å²) >= 11 is 0. The molecule has 2 aliphatic rings. The molecule has 0 aromatic rings. The van der Waals surface area contributed by atoms with Crippen LogP contribution in [-0.2, 0) is 14.3 Å². The molecule has 21 heavy (non-hydrogen) atoms. The van der Waals surface area contributed by atoms with Crippen molar-refractivity contribution in [3.05, 3.63) is 0 Å². The van der Waals surface area contributed by atoms with Crippen LogP contribution in [0, 0.1) is 0 Å². The molecular weight excluding hydrogens is 268 g/mol. The van der Waals surface area contributed by atoms with Gasteiger partial charge in [-0.2, -0.15) is 0 Å². The number of morpholine rings is 1. The highest BCUT2D eigenvalue weighted by molar-refractivity contribution is 5.81. The average molecular weight is 298 g/mol. The summed E-state index contributed by atoms with van der Waals surface area (Å²) in [6, 6.07) is 0.879. The molecule has 0 amide bonds. The van der Waals surface area contributed by atoms with Crippen LogP contribution in [0.15, 0.2) is 0 Å². The van der Waals surface area contributed by atoms with Gasteiger partial charge in [0.1, 0.15) is 5.54 Å². The molecule has 0 spiro atoms. The monoisotopic (exact) mass is 298 g/mol. The smallest absolute Gasteiger partial charge is 0.326 e. The van der Waals surface area contributed by atoms with E-state index in [0.29, 0.717) is 18.7 Å². The Kier molecular flexibility index (Phi) is 6.02. The minimum Gasteiger partial charge on any atom is -0.465 e. The lowest BCUT2D eigenvalue weighted by atomic mass is 9.77. The molecule has 5 nitrogen and oxygen atoms in total. The van der Waals surface area contributed by atoms with Crippen LogP contribution in [0.25, 0.3) is 0 Å². The van der Waals surface area contributed by atoms with Gasteiger partial charge in [-0.3, -0.25) is 9.69 Å². The normalized spacial score (nSPS) is 34.6. The second-order valence-corrected chi connectivity index (χ2v) is 6.24. The first-order valence-corrected chi connectivity index (χ1v) is 8.38. The quantitative estimate of drug-likeness (QED) is 0.781. The van der Waals surface area contributed by atoms with E-state index in [-0.39, 0.29) is 5.97 Å². The van der Waals surface area contributed by atoms with Gasteiger partial charge in [0.2, 0.25) is 0 Å². The van der Waals surface area contributed by atoms with Crippen LogP contribution < -0.4 is 5.32 Å². The van der Waals surface area contributed by atoms with Crippen LogP contribution in [0.5, 0.6) is 0 Å². The highest BCUT2D eigenvalue weighted by atomic mass is 16.5. The summed E-state index contributed by atoms with van der Waals surface area (Å²) in [5, 5.41) is 3.43. The zero-order valence-electron chi connectivity index (χ0n) is 13.7. The Morgan fingerprint density at radius 1 is 1.48 bits per heavy atom. The summed E-state index contributed by atoms with van der Waals surface area (Å²) in [5.74, 6) is -0.0718. The molecule has 1 aliphatic heterocycles. The number of ether oxygens (including phenoxy) is 2. The van der Waals surface area contributed by atoms with Gasteiger partial charge in [0, 0.05) is 18.6 Å². The number of hydrogen-bond acceptors (Lipinski definition) is 5. The first kappa shape index (κ1) is 16.7. The summed E-state index contributed by atoms with van der Waals surface area (Å²) < 4.78 is 10.9. The van der Waals surface area contributed by atoms with Crippen LogP contribution in [0.2, 0.25) is 0 Å². The molecule has 0 radical (unpaired) electrons. The van der Waals surface area contributed by atoms with E-state index in [2.05, 4.69) is 24.1 Å². The number of nitrogens with zero attached hydrogens (tertiary/aromatic N) is 1. The third kappa shape index (κ3) is 3.76. The van der Waals surface area contributed by atoms with Gasteiger partial charge in [0.25, 0.3) is 0 Å². The zero-order chi connectivity index (χ0) is 15.3. The first-order chi connectivity index (χ1) is 10.1. The fourth-order valence-electron chi connectivity index (χ4n) is 3.84. The van der Waals surface area contributed by atoms with Crippen molar-refractivity contribution in [1.29, 1.82) is 0 Å². The Bertz CT molecular complexity index is 346. The van der Waals surface area contributed by atoms with Gasteiger partial charge in [-0.15, -0.1) is 0 Å². The first-order valence-electron chi connectivity index (χ1n) is 8.38. The summed E-state index contributed by atoms with van der Waals surface area (Å²) in [6.07, 6.45) is 3.97. The summed E-state index contributed by atoms with van der Waals surface area (Å²) in [4.78, 5) is 15.0. The zero-order valence-corrected chi connectivity index (χ0v) is 13.7. The Morgan fingerprint density at radius 3 is 2.95 bits per heavy atom. The number of nitrogens with one attached hydrogen (secondary N) is 1. The summed E-state index contributed by atoms with van der Waals surface area (Å²) in [5.41, 5.74) is -0.494. The molecule has 0 aromatic heterocycles. The molecule has 2 rings (SSSR count). The maximum Gasteiger partial charge on any atom is 0.326 e. The lowest BCUT2D eigenvalue weighted by Gasteiger charge is -2.46. The van der Waals surface area contributed by atoms with E-state index in [1.807, 2.05) is 6.92 Å². The van der Waals surface area contributed by atoms with E-state index in [9.17, 15) is 4.79 Å². The van der Waals surface area contributed by atoms with E-state index in [1.165, 1.54) is 0 Å². The highest BCUT2D eigenvalue weighted by Gasteiger charge is 2.45. The third-order valence-corrected chi connectivity index (χ3v) is 4.79.